The molecule has 14 heavy (non-hydrogen) atoms. The first-order valence-electron chi connectivity index (χ1n) is 5.16. The smallest absolute Gasteiger partial charge is 0.154 e. The number of rotatable bonds is 7. The van der Waals surface area contributed by atoms with Crippen molar-refractivity contribution in [2.45, 2.75) is 33.6 Å². The topological polar surface area (TPSA) is 40.5 Å². The Morgan fingerprint density at radius 2 is 2.00 bits per heavy atom. The molecule has 0 bridgehead atoms. The van der Waals surface area contributed by atoms with E-state index < -0.39 is 0 Å². The predicted octanol–water partition coefficient (Wildman–Crippen LogP) is 1.57. The Bertz CT molecular complexity index is 199. The number of nitrogens with zero attached hydrogens (tertiary/aromatic N) is 1. The molecule has 0 aliphatic rings. The molecule has 0 aromatic rings. The second-order valence-corrected chi connectivity index (χ2v) is 3.41. The van der Waals surface area contributed by atoms with Crippen LogP contribution in [0, 0.1) is 0 Å². The summed E-state index contributed by atoms with van der Waals surface area (Å²) in [4.78, 5) is 13.0. The number of ketones is 1. The first kappa shape index (κ1) is 13.2. The lowest BCUT2D eigenvalue weighted by Gasteiger charge is -2.23. The minimum atomic E-state index is 0.0862. The van der Waals surface area contributed by atoms with Gasteiger partial charge in [0.15, 0.2) is 5.78 Å². The monoisotopic (exact) mass is 199 g/mol. The van der Waals surface area contributed by atoms with Crippen LogP contribution in [0.4, 0.5) is 0 Å². The number of aliphatic hydroxyl groups is 1. The fourth-order valence-electron chi connectivity index (χ4n) is 1.38. The molecule has 0 aromatic carbocycles. The molecule has 0 atom stereocenters. The molecule has 0 heterocycles. The lowest BCUT2D eigenvalue weighted by atomic mass is 10.2. The summed E-state index contributed by atoms with van der Waals surface area (Å²) in [5.41, 5.74) is 1.01. The van der Waals surface area contributed by atoms with Crippen molar-refractivity contribution in [3.63, 3.8) is 0 Å². The van der Waals surface area contributed by atoms with Crippen LogP contribution in [0.25, 0.3) is 0 Å². The van der Waals surface area contributed by atoms with Crippen molar-refractivity contribution in [3.05, 3.63) is 11.8 Å². The van der Waals surface area contributed by atoms with Crippen LogP contribution in [0.5, 0.6) is 0 Å². The fraction of sp³-hybridized carbons (Fsp3) is 0.727. The Morgan fingerprint density at radius 1 is 1.36 bits per heavy atom. The van der Waals surface area contributed by atoms with E-state index in [1.54, 1.807) is 13.0 Å². The van der Waals surface area contributed by atoms with Gasteiger partial charge in [-0.1, -0.05) is 0 Å². The standard InChI is InChI=1S/C11H21NO2/c1-4-12(7-5-6-8-13)10(2)9-11(3)14/h9,13H,4-8H2,1-3H3/b10-9+. The Labute approximate surface area is 86.4 Å². The number of carbonyl (C=O) groups is 1. The Kier molecular flexibility index (Phi) is 7.11. The molecular weight excluding hydrogens is 178 g/mol. The summed E-state index contributed by atoms with van der Waals surface area (Å²) in [6.07, 6.45) is 3.44. The first-order chi connectivity index (χ1) is 6.61. The van der Waals surface area contributed by atoms with Gasteiger partial charge in [0.05, 0.1) is 0 Å². The van der Waals surface area contributed by atoms with Gasteiger partial charge in [-0.2, -0.15) is 0 Å². The summed E-state index contributed by atoms with van der Waals surface area (Å²) in [6, 6.07) is 0. The third kappa shape index (κ3) is 5.75. The number of hydrogen-bond acceptors (Lipinski definition) is 3. The van der Waals surface area contributed by atoms with Crippen molar-refractivity contribution in [2.75, 3.05) is 19.7 Å². The van der Waals surface area contributed by atoms with Gasteiger partial charge in [-0.25, -0.2) is 0 Å². The minimum absolute atomic E-state index is 0.0862. The lowest BCUT2D eigenvalue weighted by Crippen LogP contribution is -2.23. The van der Waals surface area contributed by atoms with E-state index in [0.717, 1.165) is 31.6 Å². The highest BCUT2D eigenvalue weighted by molar-refractivity contribution is 5.87. The van der Waals surface area contributed by atoms with Crippen LogP contribution in [0.2, 0.25) is 0 Å². The molecule has 1 N–H and O–H groups in total. The van der Waals surface area contributed by atoms with Crippen LogP contribution in [0.1, 0.15) is 33.6 Å². The van der Waals surface area contributed by atoms with E-state index >= 15 is 0 Å². The molecule has 0 aliphatic heterocycles. The molecule has 3 heteroatoms. The average Bonchev–Trinajstić information content (AvgIpc) is 2.11. The highest BCUT2D eigenvalue weighted by atomic mass is 16.2. The van der Waals surface area contributed by atoms with Gasteiger partial charge in [-0.15, -0.1) is 0 Å². The lowest BCUT2D eigenvalue weighted by molar-refractivity contribution is -0.112. The summed E-state index contributed by atoms with van der Waals surface area (Å²) >= 11 is 0. The molecule has 0 aliphatic carbocycles. The van der Waals surface area contributed by atoms with Crippen LogP contribution in [0.15, 0.2) is 11.8 Å². The molecule has 0 unspecified atom stereocenters. The van der Waals surface area contributed by atoms with Gasteiger partial charge in [0.1, 0.15) is 0 Å². The quantitative estimate of drug-likeness (QED) is 0.500. The van der Waals surface area contributed by atoms with E-state index in [2.05, 4.69) is 11.8 Å². The molecule has 0 aromatic heterocycles. The van der Waals surface area contributed by atoms with Crippen molar-refractivity contribution in [3.8, 4) is 0 Å². The van der Waals surface area contributed by atoms with Crippen LogP contribution in [-0.4, -0.2) is 35.5 Å². The van der Waals surface area contributed by atoms with E-state index in [-0.39, 0.29) is 12.4 Å². The van der Waals surface area contributed by atoms with E-state index in [1.807, 2.05) is 6.92 Å². The first-order valence-corrected chi connectivity index (χ1v) is 5.16. The summed E-state index contributed by atoms with van der Waals surface area (Å²) in [5.74, 6) is 0.0862. The van der Waals surface area contributed by atoms with E-state index in [1.165, 1.54) is 0 Å². The fourth-order valence-corrected chi connectivity index (χ4v) is 1.38. The van der Waals surface area contributed by atoms with E-state index in [4.69, 9.17) is 5.11 Å². The van der Waals surface area contributed by atoms with Crippen molar-refractivity contribution >= 4 is 5.78 Å². The molecule has 0 rings (SSSR count). The van der Waals surface area contributed by atoms with Gasteiger partial charge in [0, 0.05) is 25.4 Å². The third-order valence-corrected chi connectivity index (χ3v) is 2.13. The number of hydrogen-bond donors (Lipinski definition) is 1. The van der Waals surface area contributed by atoms with Crippen LogP contribution >= 0.6 is 0 Å². The van der Waals surface area contributed by atoms with Crippen molar-refractivity contribution in [2.24, 2.45) is 0 Å². The number of aliphatic hydroxyl groups excluding tert-OH is 1. The van der Waals surface area contributed by atoms with Crippen molar-refractivity contribution in [1.82, 2.24) is 4.90 Å². The van der Waals surface area contributed by atoms with Gasteiger partial charge in [0.2, 0.25) is 0 Å². The largest absolute Gasteiger partial charge is 0.396 e. The Balaban J connectivity index is 4.05. The van der Waals surface area contributed by atoms with Gasteiger partial charge in [0.25, 0.3) is 0 Å². The average molecular weight is 199 g/mol. The zero-order chi connectivity index (χ0) is 11.0. The number of allylic oxidation sites excluding steroid dienone is 2. The molecule has 0 saturated carbocycles. The SMILES string of the molecule is CCN(CCCCO)/C(C)=C/C(C)=O. The Hall–Kier alpha value is -0.830. The molecule has 82 valence electrons. The van der Waals surface area contributed by atoms with Gasteiger partial charge < -0.3 is 10.0 Å². The third-order valence-electron chi connectivity index (χ3n) is 2.13. The van der Waals surface area contributed by atoms with Gasteiger partial charge in [-0.3, -0.25) is 4.79 Å². The summed E-state index contributed by atoms with van der Waals surface area (Å²) < 4.78 is 0. The van der Waals surface area contributed by atoms with Crippen molar-refractivity contribution < 1.29 is 9.90 Å². The summed E-state index contributed by atoms with van der Waals surface area (Å²) in [6.45, 7) is 7.63. The molecule has 0 spiro atoms. The van der Waals surface area contributed by atoms with Gasteiger partial charge >= 0.3 is 0 Å². The Morgan fingerprint density at radius 3 is 2.43 bits per heavy atom. The van der Waals surface area contributed by atoms with E-state index in [0.29, 0.717) is 0 Å². The van der Waals surface area contributed by atoms with E-state index in [9.17, 15) is 4.79 Å². The normalized spacial score (nSPS) is 11.6. The number of unbranched alkanes of at least 4 members (excludes halogenated alkanes) is 1. The maximum absolute atomic E-state index is 10.9. The van der Waals surface area contributed by atoms with Crippen LogP contribution in [-0.2, 0) is 4.79 Å². The molecule has 3 nitrogen and oxygen atoms in total. The minimum Gasteiger partial charge on any atom is -0.396 e. The molecular formula is C11H21NO2. The zero-order valence-corrected chi connectivity index (χ0v) is 9.42. The predicted molar refractivity (Wildman–Crippen MR) is 58.0 cm³/mol. The maximum Gasteiger partial charge on any atom is 0.154 e. The highest BCUT2D eigenvalue weighted by Gasteiger charge is 2.02. The van der Waals surface area contributed by atoms with Crippen LogP contribution in [0.3, 0.4) is 0 Å². The second-order valence-electron chi connectivity index (χ2n) is 3.41. The molecule has 0 saturated heterocycles. The van der Waals surface area contributed by atoms with Gasteiger partial charge in [-0.05, 0) is 39.7 Å². The highest BCUT2D eigenvalue weighted by Crippen LogP contribution is 2.05. The zero-order valence-electron chi connectivity index (χ0n) is 9.42. The molecule has 0 radical (unpaired) electrons. The van der Waals surface area contributed by atoms with Crippen molar-refractivity contribution in [1.29, 1.82) is 0 Å². The molecule has 0 amide bonds. The summed E-state index contributed by atoms with van der Waals surface area (Å²) in [5, 5.41) is 8.65. The number of carbonyl (C=O) groups excluding carboxylic acids is 1. The second kappa shape index (κ2) is 7.56. The maximum atomic E-state index is 10.9. The van der Waals surface area contributed by atoms with Crippen LogP contribution < -0.4 is 0 Å². The summed E-state index contributed by atoms with van der Waals surface area (Å²) in [7, 11) is 0. The molecule has 0 fully saturated rings.